The van der Waals surface area contributed by atoms with Gasteiger partial charge >= 0.3 is 0 Å². The molecule has 0 saturated carbocycles. The molecule has 0 saturated heterocycles. The number of nitro benzene ring substituents is 2. The van der Waals surface area contributed by atoms with E-state index in [-0.39, 0.29) is 34.1 Å². The molecule has 56 heavy (non-hydrogen) atoms. The van der Waals surface area contributed by atoms with Gasteiger partial charge in [-0.25, -0.2) is 8.42 Å². The fourth-order valence-electron chi connectivity index (χ4n) is 5.45. The zero-order valence-electron chi connectivity index (χ0n) is 29.5. The number of nitrogens with one attached hydrogen (secondary N) is 3. The third kappa shape index (κ3) is 8.24. The Morgan fingerprint density at radius 3 is 1.64 bits per heavy atom. The molecular formula is C38H30N10O7S. The highest BCUT2D eigenvalue weighted by Crippen LogP contribution is 2.31. The first kappa shape index (κ1) is 36.6. The highest BCUT2D eigenvalue weighted by molar-refractivity contribution is 7.92. The van der Waals surface area contributed by atoms with Crippen molar-refractivity contribution in [3.63, 3.8) is 0 Å². The van der Waals surface area contributed by atoms with Gasteiger partial charge in [-0.2, -0.15) is 24.7 Å². The van der Waals surface area contributed by atoms with Crippen LogP contribution < -0.4 is 20.1 Å². The van der Waals surface area contributed by atoms with Crippen LogP contribution in [0, 0.1) is 27.2 Å². The number of hydrogen-bond acceptors (Lipinski definition) is 13. The summed E-state index contributed by atoms with van der Waals surface area (Å²) in [5.74, 6) is 0.800. The molecule has 0 unspecified atom stereocenters. The predicted molar refractivity (Wildman–Crippen MR) is 209 cm³/mol. The molecule has 5 aromatic carbocycles. The maximum atomic E-state index is 13.0. The second-order valence-electron chi connectivity index (χ2n) is 12.2. The molecular weight excluding hydrogens is 741 g/mol. The molecule has 0 fully saturated rings. The molecule has 2 heterocycles. The van der Waals surface area contributed by atoms with Gasteiger partial charge in [0.15, 0.2) is 0 Å². The molecule has 0 amide bonds. The van der Waals surface area contributed by atoms with Crippen molar-refractivity contribution in [2.75, 3.05) is 22.5 Å². The second-order valence-corrected chi connectivity index (χ2v) is 13.9. The first-order valence-corrected chi connectivity index (χ1v) is 18.2. The van der Waals surface area contributed by atoms with Crippen molar-refractivity contribution in [1.82, 2.24) is 24.7 Å². The fourth-order valence-corrected chi connectivity index (χ4v) is 6.50. The van der Waals surface area contributed by atoms with E-state index >= 15 is 0 Å². The van der Waals surface area contributed by atoms with Gasteiger partial charge < -0.3 is 15.4 Å². The average molecular weight is 771 g/mol. The minimum absolute atomic E-state index is 0.0520. The topological polar surface area (TPSA) is 222 Å². The first-order chi connectivity index (χ1) is 26.9. The minimum Gasteiger partial charge on any atom is -0.497 e. The number of rotatable bonds is 13. The Labute approximate surface area is 319 Å². The van der Waals surface area contributed by atoms with Crippen LogP contribution in [0.25, 0.3) is 28.5 Å². The van der Waals surface area contributed by atoms with E-state index in [0.717, 1.165) is 11.1 Å². The summed E-state index contributed by atoms with van der Waals surface area (Å²) in [5.41, 5.74) is 4.43. The Balaban J connectivity index is 1.29. The molecule has 0 atom stereocenters. The Hall–Kier alpha value is -7.73. The van der Waals surface area contributed by atoms with Gasteiger partial charge in [-0.15, -0.1) is 0 Å². The molecule has 18 heteroatoms. The number of aryl methyl sites for hydroxylation is 1. The Kier molecular flexibility index (Phi) is 10.0. The molecule has 7 aromatic rings. The highest BCUT2D eigenvalue weighted by Gasteiger charge is 2.20. The first-order valence-electron chi connectivity index (χ1n) is 16.7. The molecule has 0 aliphatic carbocycles. The molecule has 3 N–H and O–H groups in total. The number of non-ortho nitro benzene ring substituents is 2. The van der Waals surface area contributed by atoms with Crippen molar-refractivity contribution >= 4 is 50.4 Å². The summed E-state index contributed by atoms with van der Waals surface area (Å²) >= 11 is 0. The van der Waals surface area contributed by atoms with Crippen molar-refractivity contribution in [2.24, 2.45) is 0 Å². The Bertz CT molecular complexity index is 2580. The van der Waals surface area contributed by atoms with Crippen LogP contribution >= 0.6 is 0 Å². The van der Waals surface area contributed by atoms with Crippen LogP contribution in [0.1, 0.15) is 5.56 Å². The lowest BCUT2D eigenvalue weighted by atomic mass is 10.1. The van der Waals surface area contributed by atoms with Crippen LogP contribution in [-0.4, -0.2) is 50.1 Å². The van der Waals surface area contributed by atoms with Gasteiger partial charge in [0.2, 0.25) is 11.9 Å². The monoisotopic (exact) mass is 770 g/mol. The lowest BCUT2D eigenvalue weighted by Crippen LogP contribution is -2.12. The summed E-state index contributed by atoms with van der Waals surface area (Å²) in [7, 11) is -2.27. The lowest BCUT2D eigenvalue weighted by Gasteiger charge is -2.12. The number of benzene rings is 5. The summed E-state index contributed by atoms with van der Waals surface area (Å²) in [6.45, 7) is 1.88. The molecule has 0 aliphatic heterocycles. The summed E-state index contributed by atoms with van der Waals surface area (Å²) in [6, 6.07) is 33.7. The van der Waals surface area contributed by atoms with Crippen LogP contribution in [0.5, 0.6) is 5.75 Å². The third-order valence-corrected chi connectivity index (χ3v) is 9.74. The molecule has 0 spiro atoms. The number of methoxy groups -OCH3 is 1. The normalized spacial score (nSPS) is 11.1. The summed E-state index contributed by atoms with van der Waals surface area (Å²) in [4.78, 5) is 35.4. The van der Waals surface area contributed by atoms with Crippen molar-refractivity contribution in [3.8, 4) is 34.2 Å². The zero-order valence-corrected chi connectivity index (χ0v) is 30.3. The Morgan fingerprint density at radius 1 is 0.643 bits per heavy atom. The molecule has 0 bridgehead atoms. The van der Waals surface area contributed by atoms with E-state index in [4.69, 9.17) is 9.84 Å². The van der Waals surface area contributed by atoms with Crippen LogP contribution in [0.15, 0.2) is 132 Å². The third-order valence-electron chi connectivity index (χ3n) is 8.34. The van der Waals surface area contributed by atoms with Crippen molar-refractivity contribution < 1.29 is 23.0 Å². The summed E-state index contributed by atoms with van der Waals surface area (Å²) < 4.78 is 35.5. The predicted octanol–water partition coefficient (Wildman–Crippen LogP) is 7.81. The number of nitro groups is 2. The smallest absolute Gasteiger partial charge is 0.269 e. The van der Waals surface area contributed by atoms with Gasteiger partial charge in [-0.1, -0.05) is 29.8 Å². The summed E-state index contributed by atoms with van der Waals surface area (Å²) in [6.07, 6.45) is 0. The van der Waals surface area contributed by atoms with Gasteiger partial charge in [-0.05, 0) is 85.8 Å². The van der Waals surface area contributed by atoms with Crippen LogP contribution in [0.4, 0.5) is 40.3 Å². The van der Waals surface area contributed by atoms with E-state index in [1.54, 1.807) is 67.8 Å². The van der Waals surface area contributed by atoms with E-state index in [1.165, 1.54) is 53.2 Å². The zero-order chi connectivity index (χ0) is 39.4. The van der Waals surface area contributed by atoms with E-state index in [2.05, 4.69) is 30.3 Å². The van der Waals surface area contributed by atoms with Gasteiger partial charge in [0.05, 0.1) is 33.2 Å². The summed E-state index contributed by atoms with van der Waals surface area (Å²) in [5, 5.41) is 33.5. The molecule has 17 nitrogen and oxygen atoms in total. The number of aromatic nitrogens is 5. The van der Waals surface area contributed by atoms with Crippen molar-refractivity contribution in [2.45, 2.75) is 11.8 Å². The average Bonchev–Trinajstić information content (AvgIpc) is 3.64. The van der Waals surface area contributed by atoms with Gasteiger partial charge in [0, 0.05) is 52.5 Å². The number of sulfonamides is 1. The quantitative estimate of drug-likeness (QED) is 0.0753. The van der Waals surface area contributed by atoms with Gasteiger partial charge in [-0.3, -0.25) is 25.0 Å². The van der Waals surface area contributed by atoms with Crippen molar-refractivity contribution in [3.05, 3.63) is 153 Å². The second kappa shape index (κ2) is 15.3. The molecule has 0 radical (unpaired) electrons. The number of anilines is 5. The molecule has 280 valence electrons. The maximum absolute atomic E-state index is 13.0. The van der Waals surface area contributed by atoms with Crippen LogP contribution in [-0.2, 0) is 10.0 Å². The van der Waals surface area contributed by atoms with Crippen LogP contribution in [0.2, 0.25) is 0 Å². The fraction of sp³-hybridized carbons (Fsp3) is 0.0526. The van der Waals surface area contributed by atoms with E-state index in [1.807, 2.05) is 25.1 Å². The van der Waals surface area contributed by atoms with Crippen molar-refractivity contribution in [1.29, 1.82) is 0 Å². The largest absolute Gasteiger partial charge is 0.497 e. The number of hydrogen-bond donors (Lipinski definition) is 3. The maximum Gasteiger partial charge on any atom is 0.269 e. The molecule has 2 aromatic heterocycles. The van der Waals surface area contributed by atoms with Crippen LogP contribution in [0.3, 0.4) is 0 Å². The van der Waals surface area contributed by atoms with Gasteiger partial charge in [0.1, 0.15) is 5.75 Å². The standard InChI is InChI=1S/C38H30N10O7S/c1-24-3-21-33(22-4-24)56(53,54)45-29-9-5-25(6-10-29)34-23-35(26-7-19-32(55-2)20-8-26)46(44-34)38-42-36(39-27-11-15-30(16-12-27)47(49)50)41-37(43-38)40-28-13-17-31(18-14-28)48(51)52/h3-23,45H,1-2H3,(H2,39,40,41,42,43). The van der Waals surface area contributed by atoms with E-state index in [0.29, 0.717) is 39.8 Å². The SMILES string of the molecule is COc1ccc(-c2cc(-c3ccc(NS(=O)(=O)c4ccc(C)cc4)cc3)nn2-c2nc(Nc3ccc([N+](=O)[O-])cc3)nc(Nc3ccc([N+](=O)[O-])cc3)n2)cc1. The highest BCUT2D eigenvalue weighted by atomic mass is 32.2. The van der Waals surface area contributed by atoms with E-state index in [9.17, 15) is 28.6 Å². The van der Waals surface area contributed by atoms with E-state index < -0.39 is 19.9 Å². The minimum atomic E-state index is -3.83. The van der Waals surface area contributed by atoms with Gasteiger partial charge in [0.25, 0.3) is 27.3 Å². The molecule has 0 aliphatic rings. The molecule has 7 rings (SSSR count). The number of nitrogens with zero attached hydrogens (tertiary/aromatic N) is 7. The number of ether oxygens (including phenoxy) is 1. The lowest BCUT2D eigenvalue weighted by molar-refractivity contribution is -0.385. The Morgan fingerprint density at radius 2 is 1.14 bits per heavy atom.